The molecule has 1 aliphatic rings. The first kappa shape index (κ1) is 34.9. The van der Waals surface area contributed by atoms with Crippen LogP contribution in [0.25, 0.3) is 32.7 Å². The zero-order valence-corrected chi connectivity index (χ0v) is 29.3. The molecular weight excluding hydrogens is 679 g/mol. The number of allylic oxidation sites excluding steroid dienone is 4. The fraction of sp³-hybridized carbons (Fsp3) is 0.0233. The van der Waals surface area contributed by atoms with Crippen LogP contribution in [0.15, 0.2) is 182 Å². The molecule has 7 aromatic carbocycles. The van der Waals surface area contributed by atoms with Crippen LogP contribution in [0.4, 0.5) is 0 Å². The van der Waals surface area contributed by atoms with Gasteiger partial charge in [0.25, 0.3) is 0 Å². The van der Waals surface area contributed by atoms with Crippen LogP contribution in [0.2, 0.25) is 0 Å². The smallest absolute Gasteiger partial charge is 0.0771 e. The monoisotopic (exact) mass is 708 g/mol. The summed E-state index contributed by atoms with van der Waals surface area (Å²) in [7, 11) is 0. The zero-order chi connectivity index (χ0) is 30.0. The summed E-state index contributed by atoms with van der Waals surface area (Å²) in [6.45, 7) is 0. The predicted molar refractivity (Wildman–Crippen MR) is 185 cm³/mol. The van der Waals surface area contributed by atoms with Crippen molar-refractivity contribution in [1.29, 1.82) is 0 Å². The van der Waals surface area contributed by atoms with Crippen molar-refractivity contribution in [2.75, 3.05) is 0 Å². The summed E-state index contributed by atoms with van der Waals surface area (Å²) in [6.07, 6.45) is 6.60. The average molecular weight is 711 g/mol. The van der Waals surface area contributed by atoms with Crippen molar-refractivity contribution in [3.63, 3.8) is 0 Å². The normalized spacial score (nSPS) is 11.4. The molecular formula is C43H32Cl2Zr-2. The van der Waals surface area contributed by atoms with Crippen molar-refractivity contribution in [3.8, 4) is 0 Å². The van der Waals surface area contributed by atoms with E-state index >= 15 is 0 Å². The SMILES string of the molecule is [C-]1=C(c2ccccc2)C=C(c2ccccc2)C1.[Cl-].[Cl-].[Zr+2]=[C](c1ccccc1)c1ccccc1.c1ccc2c(c1)[cH-]c1ccccc12. The molecule has 3 heteroatoms. The summed E-state index contributed by atoms with van der Waals surface area (Å²) in [6, 6.07) is 61.3. The molecule has 0 spiro atoms. The summed E-state index contributed by atoms with van der Waals surface area (Å²) in [5.41, 5.74) is 7.77. The van der Waals surface area contributed by atoms with Crippen LogP contribution >= 0.6 is 0 Å². The number of fused-ring (bicyclic) bond motifs is 3. The van der Waals surface area contributed by atoms with Crippen LogP contribution in [-0.2, 0) is 24.2 Å². The average Bonchev–Trinajstić information content (AvgIpc) is 3.76. The van der Waals surface area contributed by atoms with E-state index in [1.807, 2.05) is 12.1 Å². The number of benzene rings is 6. The van der Waals surface area contributed by atoms with E-state index in [2.05, 4.69) is 176 Å². The molecule has 0 N–H and O–H groups in total. The van der Waals surface area contributed by atoms with Gasteiger partial charge in [0.2, 0.25) is 0 Å². The van der Waals surface area contributed by atoms with Gasteiger partial charge in [0.15, 0.2) is 0 Å². The van der Waals surface area contributed by atoms with Crippen molar-refractivity contribution >= 4 is 35.9 Å². The molecule has 0 saturated heterocycles. The van der Waals surface area contributed by atoms with E-state index in [9.17, 15) is 0 Å². The summed E-state index contributed by atoms with van der Waals surface area (Å²) in [5, 5.41) is 5.39. The van der Waals surface area contributed by atoms with Crippen molar-refractivity contribution in [3.05, 3.63) is 210 Å². The minimum atomic E-state index is 0. The van der Waals surface area contributed by atoms with Gasteiger partial charge in [0.05, 0.1) is 0 Å². The first-order chi connectivity index (χ1) is 21.8. The Balaban J connectivity index is 0.000000155. The van der Waals surface area contributed by atoms with Crippen LogP contribution in [0, 0.1) is 6.08 Å². The van der Waals surface area contributed by atoms with Gasteiger partial charge < -0.3 is 24.8 Å². The van der Waals surface area contributed by atoms with Gasteiger partial charge >= 0.3 is 99.2 Å². The molecule has 0 nitrogen and oxygen atoms in total. The Morgan fingerprint density at radius 2 is 0.870 bits per heavy atom. The fourth-order valence-electron chi connectivity index (χ4n) is 5.39. The molecule has 0 saturated carbocycles. The van der Waals surface area contributed by atoms with Crippen molar-refractivity contribution in [1.82, 2.24) is 0 Å². The second kappa shape index (κ2) is 17.6. The molecule has 0 bridgehead atoms. The number of hydrogen-bond acceptors (Lipinski definition) is 0. The Morgan fingerprint density at radius 1 is 0.478 bits per heavy atom. The predicted octanol–water partition coefficient (Wildman–Crippen LogP) is 4.88. The molecule has 46 heavy (non-hydrogen) atoms. The van der Waals surface area contributed by atoms with Crippen molar-refractivity contribution in [2.24, 2.45) is 0 Å². The minimum absolute atomic E-state index is 0. The third kappa shape index (κ3) is 8.83. The number of rotatable bonds is 4. The Bertz CT molecular complexity index is 1930. The van der Waals surface area contributed by atoms with Gasteiger partial charge in [-0.25, -0.2) is 0 Å². The van der Waals surface area contributed by atoms with E-state index in [1.165, 1.54) is 82.4 Å². The Labute approximate surface area is 299 Å². The largest absolute Gasteiger partial charge is 0.126 e. The van der Waals surface area contributed by atoms with Gasteiger partial charge in [-0.05, 0) is 5.56 Å². The molecule has 0 heterocycles. The second-order valence-electron chi connectivity index (χ2n) is 10.6. The quantitative estimate of drug-likeness (QED) is 0.229. The molecule has 0 radical (unpaired) electrons. The summed E-state index contributed by atoms with van der Waals surface area (Å²) in [5.74, 6) is 0. The van der Waals surface area contributed by atoms with E-state index in [0.717, 1.165) is 6.42 Å². The number of hydrogen-bond donors (Lipinski definition) is 0. The molecule has 8 rings (SSSR count). The summed E-state index contributed by atoms with van der Waals surface area (Å²) in [4.78, 5) is 0. The van der Waals surface area contributed by atoms with Crippen molar-refractivity contribution in [2.45, 2.75) is 6.42 Å². The van der Waals surface area contributed by atoms with E-state index < -0.39 is 0 Å². The maximum atomic E-state index is 3.45. The molecule has 1 aliphatic carbocycles. The molecule has 0 aliphatic heterocycles. The third-order valence-corrected chi connectivity index (χ3v) is 9.08. The molecule has 0 unspecified atom stereocenters. The Morgan fingerprint density at radius 3 is 1.35 bits per heavy atom. The van der Waals surface area contributed by atoms with E-state index in [1.54, 1.807) is 0 Å². The van der Waals surface area contributed by atoms with Gasteiger partial charge in [-0.1, -0.05) is 91.3 Å². The minimum Gasteiger partial charge on any atom is -0.126 e. The molecule has 224 valence electrons. The summed E-state index contributed by atoms with van der Waals surface area (Å²) >= 11 is 1.46. The molecule has 0 atom stereocenters. The molecule has 7 aromatic rings. The topological polar surface area (TPSA) is 0 Å². The van der Waals surface area contributed by atoms with Crippen molar-refractivity contribution < 1.29 is 49.0 Å². The Hall–Kier alpha value is -4.00. The van der Waals surface area contributed by atoms with E-state index in [4.69, 9.17) is 0 Å². The molecule has 0 amide bonds. The standard InChI is InChI=1S/C17H13.C13H9.C13H10.2ClH.Zr/c1-3-7-14(8-4-1)16-11-12-17(13-16)15-9-5-2-6-10-15;1-3-7-12-10(5-1)9-11-6-2-4-8-13(11)12;1-3-7-12(8-4-1)11-13-9-5-2-6-10-13;;;/h1-10,13H,11H2;1-9H;1-10H;2*1H;/q2*-1;;;;+2/p-2. The maximum absolute atomic E-state index is 3.45. The zero-order valence-electron chi connectivity index (χ0n) is 25.3. The van der Waals surface area contributed by atoms with Gasteiger partial charge in [-0.2, -0.15) is 17.7 Å². The van der Waals surface area contributed by atoms with Crippen LogP contribution in [0.3, 0.4) is 0 Å². The van der Waals surface area contributed by atoms with Gasteiger partial charge in [-0.15, -0.1) is 63.0 Å². The van der Waals surface area contributed by atoms with Gasteiger partial charge in [-0.3, -0.25) is 0 Å². The van der Waals surface area contributed by atoms with E-state index in [0.29, 0.717) is 0 Å². The number of halogens is 2. The van der Waals surface area contributed by atoms with Crippen LogP contribution in [0.5, 0.6) is 0 Å². The van der Waals surface area contributed by atoms with Gasteiger partial charge in [0, 0.05) is 0 Å². The molecule has 0 aromatic heterocycles. The fourth-order valence-corrected chi connectivity index (χ4v) is 6.21. The van der Waals surface area contributed by atoms with Gasteiger partial charge in [0.1, 0.15) is 0 Å². The summed E-state index contributed by atoms with van der Waals surface area (Å²) < 4.78 is 1.42. The Kier molecular flexibility index (Phi) is 13.4. The van der Waals surface area contributed by atoms with Crippen LogP contribution in [-0.4, -0.2) is 3.21 Å². The second-order valence-corrected chi connectivity index (χ2v) is 11.8. The first-order valence-corrected chi connectivity index (χ1v) is 16.1. The van der Waals surface area contributed by atoms with E-state index in [-0.39, 0.29) is 24.8 Å². The maximum Gasteiger partial charge on any atom is -0.0771 e. The molecule has 0 fully saturated rings. The van der Waals surface area contributed by atoms with Crippen LogP contribution in [0.1, 0.15) is 28.7 Å². The first-order valence-electron chi connectivity index (χ1n) is 14.9. The van der Waals surface area contributed by atoms with Crippen LogP contribution < -0.4 is 24.8 Å². The third-order valence-electron chi connectivity index (χ3n) is 7.66.